The maximum Gasteiger partial charge on any atom is 0.223 e. The number of hydrogen-bond donors (Lipinski definition) is 0. The number of amides is 1. The van der Waals surface area contributed by atoms with Gasteiger partial charge in [0.15, 0.2) is 0 Å². The van der Waals surface area contributed by atoms with Gasteiger partial charge in [-0.25, -0.2) is 0 Å². The summed E-state index contributed by atoms with van der Waals surface area (Å²) in [5.74, 6) is 1.06. The molecule has 0 saturated carbocycles. The summed E-state index contributed by atoms with van der Waals surface area (Å²) in [6.45, 7) is 12.6. The number of carbonyl (C=O) groups is 1. The van der Waals surface area contributed by atoms with Crippen LogP contribution in [0.25, 0.3) is 0 Å². The van der Waals surface area contributed by atoms with Gasteiger partial charge in [-0.05, 0) is 31.6 Å². The van der Waals surface area contributed by atoms with Gasteiger partial charge < -0.3 is 9.80 Å². The van der Waals surface area contributed by atoms with Gasteiger partial charge in [-0.15, -0.1) is 6.58 Å². The molecule has 19 heavy (non-hydrogen) atoms. The van der Waals surface area contributed by atoms with Crippen LogP contribution in [-0.2, 0) is 4.79 Å². The number of rotatable bonds is 4. The van der Waals surface area contributed by atoms with E-state index in [1.807, 2.05) is 6.08 Å². The first-order valence-electron chi connectivity index (χ1n) is 7.71. The summed E-state index contributed by atoms with van der Waals surface area (Å²) in [6.07, 6.45) is 7.13. The lowest BCUT2D eigenvalue weighted by Crippen LogP contribution is -2.59. The van der Waals surface area contributed by atoms with E-state index in [2.05, 4.69) is 30.2 Å². The minimum atomic E-state index is 0.136. The molecule has 108 valence electrons. The minimum absolute atomic E-state index is 0.136. The van der Waals surface area contributed by atoms with Crippen LogP contribution in [0.1, 0.15) is 46.0 Å². The first kappa shape index (κ1) is 14.6. The lowest BCUT2D eigenvalue weighted by atomic mass is 9.78. The van der Waals surface area contributed by atoms with E-state index in [9.17, 15) is 4.79 Å². The highest BCUT2D eigenvalue weighted by molar-refractivity contribution is 5.78. The summed E-state index contributed by atoms with van der Waals surface area (Å²) in [7, 11) is 0. The van der Waals surface area contributed by atoms with Crippen molar-refractivity contribution in [2.75, 3.05) is 26.2 Å². The maximum atomic E-state index is 12.2. The Labute approximate surface area is 117 Å². The van der Waals surface area contributed by atoms with E-state index in [4.69, 9.17) is 0 Å². The molecule has 2 rings (SSSR count). The molecule has 0 aromatic rings. The smallest absolute Gasteiger partial charge is 0.223 e. The summed E-state index contributed by atoms with van der Waals surface area (Å²) in [5.41, 5.74) is 0.136. The molecule has 0 aliphatic carbocycles. The molecule has 1 amide bonds. The van der Waals surface area contributed by atoms with Gasteiger partial charge in [0.05, 0.1) is 0 Å². The zero-order valence-corrected chi connectivity index (χ0v) is 12.5. The highest BCUT2D eigenvalue weighted by Gasteiger charge is 2.43. The molecule has 0 aromatic heterocycles. The quantitative estimate of drug-likeness (QED) is 0.729. The molecule has 2 aliphatic rings. The van der Waals surface area contributed by atoms with Crippen LogP contribution in [0.4, 0.5) is 0 Å². The molecular weight excluding hydrogens is 236 g/mol. The molecular formula is C16H28N2O. The van der Waals surface area contributed by atoms with Gasteiger partial charge >= 0.3 is 0 Å². The second kappa shape index (κ2) is 6.08. The molecule has 0 unspecified atom stereocenters. The summed E-state index contributed by atoms with van der Waals surface area (Å²) in [4.78, 5) is 16.9. The Kier molecular flexibility index (Phi) is 4.67. The Hall–Kier alpha value is -0.830. The number of hydrogen-bond acceptors (Lipinski definition) is 2. The fourth-order valence-corrected chi connectivity index (χ4v) is 3.72. The number of piperidine rings is 2. The van der Waals surface area contributed by atoms with Crippen molar-refractivity contribution in [1.82, 2.24) is 9.80 Å². The number of nitrogens with zero attached hydrogens (tertiary/aromatic N) is 2. The molecule has 0 radical (unpaired) electrons. The van der Waals surface area contributed by atoms with Crippen LogP contribution in [0.2, 0.25) is 0 Å². The van der Waals surface area contributed by atoms with E-state index in [1.165, 1.54) is 13.0 Å². The van der Waals surface area contributed by atoms with E-state index < -0.39 is 0 Å². The zero-order chi connectivity index (χ0) is 13.9. The monoisotopic (exact) mass is 264 g/mol. The Morgan fingerprint density at radius 3 is 2.58 bits per heavy atom. The van der Waals surface area contributed by atoms with Crippen molar-refractivity contribution in [2.45, 2.75) is 51.5 Å². The maximum absolute atomic E-state index is 12.2. The Morgan fingerprint density at radius 2 is 2.00 bits per heavy atom. The van der Waals surface area contributed by atoms with Crippen molar-refractivity contribution >= 4 is 5.91 Å². The van der Waals surface area contributed by atoms with Crippen molar-refractivity contribution in [3.8, 4) is 0 Å². The van der Waals surface area contributed by atoms with E-state index >= 15 is 0 Å². The van der Waals surface area contributed by atoms with Crippen molar-refractivity contribution in [3.05, 3.63) is 12.7 Å². The highest BCUT2D eigenvalue weighted by atomic mass is 16.2. The first-order chi connectivity index (χ1) is 9.07. The average molecular weight is 264 g/mol. The molecule has 0 atom stereocenters. The van der Waals surface area contributed by atoms with E-state index in [1.54, 1.807) is 0 Å². The molecule has 3 nitrogen and oxygen atoms in total. The van der Waals surface area contributed by atoms with Crippen LogP contribution in [0, 0.1) is 5.92 Å². The largest absolute Gasteiger partial charge is 0.333 e. The van der Waals surface area contributed by atoms with Gasteiger partial charge in [-0.3, -0.25) is 4.79 Å². The van der Waals surface area contributed by atoms with Crippen molar-refractivity contribution in [3.63, 3.8) is 0 Å². The van der Waals surface area contributed by atoms with Gasteiger partial charge in [0, 0.05) is 38.1 Å². The van der Waals surface area contributed by atoms with E-state index in [0.717, 1.165) is 51.2 Å². The summed E-state index contributed by atoms with van der Waals surface area (Å²) >= 11 is 0. The molecule has 2 saturated heterocycles. The van der Waals surface area contributed by atoms with Gasteiger partial charge in [0.25, 0.3) is 0 Å². The molecule has 0 aromatic carbocycles. The molecule has 0 N–H and O–H groups in total. The zero-order valence-electron chi connectivity index (χ0n) is 12.5. The van der Waals surface area contributed by atoms with Crippen LogP contribution < -0.4 is 0 Å². The number of carbonyl (C=O) groups excluding carboxylic acids is 1. The van der Waals surface area contributed by atoms with E-state index in [-0.39, 0.29) is 5.54 Å². The third-order valence-electron chi connectivity index (χ3n) is 4.63. The lowest BCUT2D eigenvalue weighted by Gasteiger charge is -2.51. The van der Waals surface area contributed by atoms with Crippen LogP contribution in [-0.4, -0.2) is 47.4 Å². The third-order valence-corrected chi connectivity index (χ3v) is 4.63. The summed E-state index contributed by atoms with van der Waals surface area (Å²) in [5, 5.41) is 0. The topological polar surface area (TPSA) is 23.6 Å². The molecule has 1 spiro atoms. The predicted molar refractivity (Wildman–Crippen MR) is 79.0 cm³/mol. The van der Waals surface area contributed by atoms with Crippen molar-refractivity contribution < 1.29 is 4.79 Å². The Balaban J connectivity index is 2.02. The normalized spacial score (nSPS) is 24.2. The van der Waals surface area contributed by atoms with Crippen molar-refractivity contribution in [2.24, 2.45) is 5.92 Å². The van der Waals surface area contributed by atoms with Gasteiger partial charge in [-0.1, -0.05) is 19.9 Å². The molecule has 0 bridgehead atoms. The second-order valence-corrected chi connectivity index (χ2v) is 6.57. The van der Waals surface area contributed by atoms with Crippen LogP contribution in [0.3, 0.4) is 0 Å². The molecule has 3 heteroatoms. The highest BCUT2D eigenvalue weighted by Crippen LogP contribution is 2.37. The fourth-order valence-electron chi connectivity index (χ4n) is 3.72. The first-order valence-corrected chi connectivity index (χ1v) is 7.71. The van der Waals surface area contributed by atoms with Crippen molar-refractivity contribution in [1.29, 1.82) is 0 Å². The summed E-state index contributed by atoms with van der Waals surface area (Å²) in [6, 6.07) is 0. The van der Waals surface area contributed by atoms with E-state index in [0.29, 0.717) is 5.91 Å². The minimum Gasteiger partial charge on any atom is -0.333 e. The molecule has 2 fully saturated rings. The van der Waals surface area contributed by atoms with Crippen LogP contribution in [0.5, 0.6) is 0 Å². The van der Waals surface area contributed by atoms with Crippen LogP contribution in [0.15, 0.2) is 12.7 Å². The SMILES string of the molecule is C=CCN1C(=O)CCCC12CCN(CC(C)C)CC2. The summed E-state index contributed by atoms with van der Waals surface area (Å²) < 4.78 is 0. The third kappa shape index (κ3) is 3.19. The molecule has 2 aliphatic heterocycles. The van der Waals surface area contributed by atoms with Gasteiger partial charge in [0.2, 0.25) is 5.91 Å². The lowest BCUT2D eigenvalue weighted by molar-refractivity contribution is -0.144. The number of likely N-dealkylation sites (tertiary alicyclic amines) is 2. The second-order valence-electron chi connectivity index (χ2n) is 6.57. The van der Waals surface area contributed by atoms with Crippen LogP contribution >= 0.6 is 0 Å². The fraction of sp³-hybridized carbons (Fsp3) is 0.812. The Morgan fingerprint density at radius 1 is 1.32 bits per heavy atom. The Bertz CT molecular complexity index is 330. The molecule has 2 heterocycles. The van der Waals surface area contributed by atoms with Gasteiger partial charge in [0.1, 0.15) is 0 Å². The predicted octanol–water partition coefficient (Wildman–Crippen LogP) is 2.68. The van der Waals surface area contributed by atoms with Gasteiger partial charge in [-0.2, -0.15) is 0 Å². The average Bonchev–Trinajstić information content (AvgIpc) is 2.37. The standard InChI is InChI=1S/C16H28N2O/c1-4-10-18-15(19)6-5-7-16(18)8-11-17(12-9-16)13-14(2)3/h4,14H,1,5-13H2,2-3H3.